The molecule has 2 amide bonds. The van der Waals surface area contributed by atoms with Crippen molar-refractivity contribution in [2.24, 2.45) is 0 Å². The summed E-state index contributed by atoms with van der Waals surface area (Å²) in [5, 5.41) is 13.0. The topological polar surface area (TPSA) is 128 Å². The molecule has 0 radical (unpaired) electrons. The van der Waals surface area contributed by atoms with Crippen LogP contribution in [0.25, 0.3) is 28.0 Å². The third kappa shape index (κ3) is 3.67. The van der Waals surface area contributed by atoms with Crippen LogP contribution in [0.3, 0.4) is 0 Å². The molecule has 36 heavy (non-hydrogen) atoms. The summed E-state index contributed by atoms with van der Waals surface area (Å²) in [6.45, 7) is 10.00. The molecule has 11 heteroatoms. The van der Waals surface area contributed by atoms with Crippen molar-refractivity contribution in [1.82, 2.24) is 34.5 Å². The molecule has 0 aliphatic carbocycles. The van der Waals surface area contributed by atoms with Gasteiger partial charge < -0.3 is 15.5 Å². The molecule has 0 spiro atoms. The van der Waals surface area contributed by atoms with E-state index in [1.807, 2.05) is 50.4 Å². The average Bonchev–Trinajstić information content (AvgIpc) is 3.47. The van der Waals surface area contributed by atoms with Crippen LogP contribution in [0.4, 0.5) is 11.5 Å². The maximum Gasteiger partial charge on any atom is 0.252 e. The predicted octanol–water partition coefficient (Wildman–Crippen LogP) is 2.79. The zero-order chi connectivity index (χ0) is 25.8. The molecule has 4 aromatic rings. The Kier molecular flexibility index (Phi) is 5.50. The van der Waals surface area contributed by atoms with Crippen LogP contribution in [-0.4, -0.2) is 64.9 Å². The number of nitrogens with zero attached hydrogens (tertiary/aromatic N) is 8. The van der Waals surface area contributed by atoms with Crippen LogP contribution in [0.1, 0.15) is 40.7 Å². The highest BCUT2D eigenvalue weighted by atomic mass is 16.2. The number of aromatic nitrogens is 6. The molecular weight excluding hydrogens is 458 g/mol. The van der Waals surface area contributed by atoms with Gasteiger partial charge >= 0.3 is 0 Å². The van der Waals surface area contributed by atoms with Crippen LogP contribution in [0, 0.1) is 0 Å². The lowest BCUT2D eigenvalue weighted by molar-refractivity contribution is -0.145. The second-order valence-electron chi connectivity index (χ2n) is 9.76. The molecule has 0 bridgehead atoms. The maximum atomic E-state index is 13.4. The Hall–Kier alpha value is -4.28. The van der Waals surface area contributed by atoms with Gasteiger partial charge in [-0.1, -0.05) is 17.3 Å². The molecule has 11 nitrogen and oxygen atoms in total. The van der Waals surface area contributed by atoms with Gasteiger partial charge in [0.05, 0.1) is 11.9 Å². The molecule has 1 aliphatic heterocycles. The van der Waals surface area contributed by atoms with E-state index in [4.69, 9.17) is 5.73 Å². The molecule has 2 N–H and O–H groups in total. The van der Waals surface area contributed by atoms with Crippen molar-refractivity contribution in [3.63, 3.8) is 0 Å². The summed E-state index contributed by atoms with van der Waals surface area (Å²) in [7, 11) is 0. The first kappa shape index (κ1) is 23.5. The summed E-state index contributed by atoms with van der Waals surface area (Å²) in [6, 6.07) is 9.84. The number of carbonyl (C=O) groups is 2. The first-order valence-electron chi connectivity index (χ1n) is 11.8. The highest BCUT2D eigenvalue weighted by Crippen LogP contribution is 2.36. The van der Waals surface area contributed by atoms with E-state index in [1.165, 1.54) is 13.3 Å². The number of rotatable bonds is 4. The van der Waals surface area contributed by atoms with Crippen molar-refractivity contribution in [2.75, 3.05) is 23.7 Å². The number of piperazine rings is 1. The molecule has 1 aliphatic rings. The third-order valence-electron chi connectivity index (χ3n) is 6.72. The number of amides is 2. The predicted molar refractivity (Wildman–Crippen MR) is 136 cm³/mol. The minimum atomic E-state index is -0.932. The average molecular weight is 488 g/mol. The fourth-order valence-corrected chi connectivity index (χ4v) is 4.78. The monoisotopic (exact) mass is 487 g/mol. The quantitative estimate of drug-likeness (QED) is 0.469. The number of nitrogen functional groups attached to an aromatic ring is 1. The second kappa shape index (κ2) is 8.43. The highest BCUT2D eigenvalue weighted by molar-refractivity contribution is 6.03. The molecule has 4 heterocycles. The van der Waals surface area contributed by atoms with E-state index in [0.717, 1.165) is 22.5 Å². The fourth-order valence-electron chi connectivity index (χ4n) is 4.78. The van der Waals surface area contributed by atoms with Crippen molar-refractivity contribution in [1.29, 1.82) is 0 Å². The smallest absolute Gasteiger partial charge is 0.252 e. The lowest BCUT2D eigenvalue weighted by Crippen LogP contribution is -2.64. The van der Waals surface area contributed by atoms with Crippen molar-refractivity contribution in [3.8, 4) is 22.5 Å². The van der Waals surface area contributed by atoms with Crippen LogP contribution in [0.2, 0.25) is 0 Å². The summed E-state index contributed by atoms with van der Waals surface area (Å²) in [5.74, 6) is 0.0954. The van der Waals surface area contributed by atoms with Gasteiger partial charge in [-0.3, -0.25) is 9.59 Å². The van der Waals surface area contributed by atoms with Crippen molar-refractivity contribution < 1.29 is 9.59 Å². The molecule has 1 saturated heterocycles. The van der Waals surface area contributed by atoms with E-state index in [9.17, 15) is 9.59 Å². The minimum Gasteiger partial charge on any atom is -0.382 e. The first-order chi connectivity index (χ1) is 17.1. The zero-order valence-corrected chi connectivity index (χ0v) is 21.0. The number of hydrogen-bond donors (Lipinski definition) is 1. The lowest BCUT2D eigenvalue weighted by atomic mass is 9.96. The number of carbonyl (C=O) groups excluding carboxylic acids is 2. The summed E-state index contributed by atoms with van der Waals surface area (Å²) >= 11 is 0. The van der Waals surface area contributed by atoms with Crippen molar-refractivity contribution in [2.45, 2.75) is 46.2 Å². The zero-order valence-electron chi connectivity index (χ0n) is 21.0. The van der Waals surface area contributed by atoms with Crippen LogP contribution in [0.15, 0.2) is 42.9 Å². The summed E-state index contributed by atoms with van der Waals surface area (Å²) < 4.78 is 3.53. The lowest BCUT2D eigenvalue weighted by Gasteiger charge is -2.45. The molecule has 186 valence electrons. The van der Waals surface area contributed by atoms with Crippen LogP contribution in [-0.2, 0) is 9.59 Å². The minimum absolute atomic E-state index is 0.111. The van der Waals surface area contributed by atoms with Gasteiger partial charge in [-0.05, 0) is 45.9 Å². The van der Waals surface area contributed by atoms with Gasteiger partial charge in [-0.25, -0.2) is 14.2 Å². The second-order valence-corrected chi connectivity index (χ2v) is 9.76. The first-order valence-corrected chi connectivity index (χ1v) is 11.8. The molecule has 1 fully saturated rings. The number of fused-ring (bicyclic) bond motifs is 1. The number of nitrogens with two attached hydrogens (primary N) is 1. The van der Waals surface area contributed by atoms with Crippen molar-refractivity contribution >= 4 is 28.8 Å². The van der Waals surface area contributed by atoms with Crippen LogP contribution >= 0.6 is 0 Å². The highest BCUT2D eigenvalue weighted by Gasteiger charge is 2.43. The van der Waals surface area contributed by atoms with E-state index in [2.05, 4.69) is 20.4 Å². The molecule has 3 aromatic heterocycles. The largest absolute Gasteiger partial charge is 0.382 e. The summed E-state index contributed by atoms with van der Waals surface area (Å²) in [5.41, 5.74) is 9.80. The Balaban J connectivity index is 1.59. The molecule has 0 atom stereocenters. The Morgan fingerprint density at radius 3 is 2.64 bits per heavy atom. The Morgan fingerprint density at radius 1 is 1.17 bits per heavy atom. The van der Waals surface area contributed by atoms with Crippen molar-refractivity contribution in [3.05, 3.63) is 42.9 Å². The molecular formula is C25H29N9O2. The van der Waals surface area contributed by atoms with E-state index >= 15 is 0 Å². The van der Waals surface area contributed by atoms with Gasteiger partial charge in [0.25, 0.3) is 5.91 Å². The standard InChI is InChI=1S/C25H29N9O2/c1-15(2)33-13-20(29-30-33)19-12-21(34-22(19)23(26)27-14-28-34)17-7-6-8-18(11-17)31-9-10-32(16(3)35)25(4,5)24(31)36/h6-8,11-15H,9-10H2,1-5H3,(H2,26,27,28). The van der Waals surface area contributed by atoms with Gasteiger partial charge in [0.15, 0.2) is 5.82 Å². The summed E-state index contributed by atoms with van der Waals surface area (Å²) in [6.07, 6.45) is 3.29. The third-order valence-corrected chi connectivity index (χ3v) is 6.72. The number of hydrogen-bond acceptors (Lipinski definition) is 7. The van der Waals surface area contributed by atoms with Gasteiger partial charge in [0.1, 0.15) is 23.1 Å². The molecule has 0 saturated carbocycles. The Labute approximate surface area is 208 Å². The van der Waals surface area contributed by atoms with E-state index in [1.54, 1.807) is 32.8 Å². The fraction of sp³-hybridized carbons (Fsp3) is 0.360. The van der Waals surface area contributed by atoms with Gasteiger partial charge in [-0.2, -0.15) is 5.10 Å². The molecule has 1 aromatic carbocycles. The van der Waals surface area contributed by atoms with E-state index in [0.29, 0.717) is 30.1 Å². The SMILES string of the molecule is CC(=O)N1CCN(c2cccc(-c3cc(-c4cn(C(C)C)nn4)c4c(N)ncnn34)c2)C(=O)C1(C)C. The number of anilines is 2. The van der Waals surface area contributed by atoms with Gasteiger partial charge in [0.2, 0.25) is 5.91 Å². The van der Waals surface area contributed by atoms with Crippen LogP contribution < -0.4 is 10.6 Å². The van der Waals surface area contributed by atoms with E-state index < -0.39 is 5.54 Å². The maximum absolute atomic E-state index is 13.4. The summed E-state index contributed by atoms with van der Waals surface area (Å²) in [4.78, 5) is 33.0. The van der Waals surface area contributed by atoms with Crippen LogP contribution in [0.5, 0.6) is 0 Å². The van der Waals surface area contributed by atoms with Gasteiger partial charge in [0, 0.05) is 42.9 Å². The normalized spacial score (nSPS) is 15.8. The number of benzene rings is 1. The van der Waals surface area contributed by atoms with Gasteiger partial charge in [-0.15, -0.1) is 5.10 Å². The molecule has 0 unspecified atom stereocenters. The molecule has 5 rings (SSSR count). The Bertz CT molecular complexity index is 1480. The Morgan fingerprint density at radius 2 is 1.94 bits per heavy atom. The van der Waals surface area contributed by atoms with E-state index in [-0.39, 0.29) is 17.9 Å².